The summed E-state index contributed by atoms with van der Waals surface area (Å²) in [5.74, 6) is 0. The van der Waals surface area contributed by atoms with Gasteiger partial charge in [-0.3, -0.25) is 0 Å². The first-order chi connectivity index (χ1) is 29.6. The van der Waals surface area contributed by atoms with E-state index in [-0.39, 0.29) is 0 Å². The molecule has 0 spiro atoms. The molecule has 0 N–H and O–H groups in total. The van der Waals surface area contributed by atoms with E-state index in [0.29, 0.717) is 0 Å². The van der Waals surface area contributed by atoms with Gasteiger partial charge in [0.2, 0.25) is 0 Å². The summed E-state index contributed by atoms with van der Waals surface area (Å²) in [5.41, 5.74) is 16.3. The topological polar surface area (TPSA) is 6.48 Å². The Bertz CT molecular complexity index is 2920. The van der Waals surface area contributed by atoms with Gasteiger partial charge in [-0.05, 0) is 129 Å². The van der Waals surface area contributed by atoms with Gasteiger partial charge in [-0.2, -0.15) is 0 Å². The van der Waals surface area contributed by atoms with Crippen LogP contribution >= 0.6 is 0 Å². The van der Waals surface area contributed by atoms with Crippen LogP contribution in [0.5, 0.6) is 0 Å². The van der Waals surface area contributed by atoms with Gasteiger partial charge in [0.1, 0.15) is 0 Å². The minimum atomic E-state index is 1.12. The Hall–Kier alpha value is -7.68. The molecule has 0 unspecified atom stereocenters. The Morgan fingerprint density at radius 3 is 1.03 bits per heavy atom. The van der Waals surface area contributed by atoms with Crippen molar-refractivity contribution in [2.24, 2.45) is 0 Å². The number of nitrogens with zero attached hydrogens (tertiary/aromatic N) is 2. The quantitative estimate of drug-likeness (QED) is 0.144. The van der Waals surface area contributed by atoms with Crippen LogP contribution in [-0.2, 0) is 0 Å². The van der Waals surface area contributed by atoms with E-state index in [1.807, 2.05) is 0 Å². The molecule has 0 aliphatic carbocycles. The van der Waals surface area contributed by atoms with E-state index in [4.69, 9.17) is 0 Å². The first-order valence-corrected chi connectivity index (χ1v) is 20.7. The molecule has 2 nitrogen and oxygen atoms in total. The van der Waals surface area contributed by atoms with Crippen molar-refractivity contribution in [1.29, 1.82) is 0 Å². The smallest absolute Gasteiger partial charge is 0.0540 e. The van der Waals surface area contributed by atoms with Gasteiger partial charge in [0.15, 0.2) is 0 Å². The number of benzene rings is 10. The van der Waals surface area contributed by atoms with Crippen LogP contribution in [0.4, 0.5) is 34.1 Å². The van der Waals surface area contributed by atoms with E-state index < -0.39 is 0 Å². The molecule has 2 heteroatoms. The Labute approximate surface area is 352 Å². The molecule has 0 aromatic heterocycles. The second-order valence-corrected chi connectivity index (χ2v) is 15.5. The van der Waals surface area contributed by atoms with Gasteiger partial charge in [0.25, 0.3) is 0 Å². The zero-order valence-electron chi connectivity index (χ0n) is 33.8. The Kier molecular flexibility index (Phi) is 9.73. The fourth-order valence-corrected chi connectivity index (χ4v) is 8.68. The van der Waals surface area contributed by atoms with Crippen molar-refractivity contribution in [2.75, 3.05) is 9.80 Å². The fraction of sp³-hybridized carbons (Fsp3) is 0.0345. The molecule has 60 heavy (non-hydrogen) atoms. The average Bonchev–Trinajstić information content (AvgIpc) is 3.31. The minimum absolute atomic E-state index is 1.12. The van der Waals surface area contributed by atoms with Crippen molar-refractivity contribution < 1.29 is 0 Å². The van der Waals surface area contributed by atoms with E-state index in [1.54, 1.807) is 0 Å². The van der Waals surface area contributed by atoms with Gasteiger partial charge < -0.3 is 9.80 Å². The third-order valence-corrected chi connectivity index (χ3v) is 11.7. The van der Waals surface area contributed by atoms with Crippen LogP contribution in [0.25, 0.3) is 54.9 Å². The molecule has 0 aliphatic heterocycles. The van der Waals surface area contributed by atoms with Gasteiger partial charge in [-0.15, -0.1) is 0 Å². The van der Waals surface area contributed by atoms with Gasteiger partial charge in [-0.25, -0.2) is 0 Å². The zero-order chi connectivity index (χ0) is 40.4. The third kappa shape index (κ3) is 6.99. The lowest BCUT2D eigenvalue weighted by atomic mass is 9.96. The van der Waals surface area contributed by atoms with Crippen molar-refractivity contribution in [3.05, 3.63) is 242 Å². The molecule has 286 valence electrons. The van der Waals surface area contributed by atoms with E-state index >= 15 is 0 Å². The first kappa shape index (κ1) is 36.6. The number of para-hydroxylation sites is 2. The highest BCUT2D eigenvalue weighted by atomic mass is 15.2. The molecule has 0 aliphatic rings. The maximum atomic E-state index is 2.42. The lowest BCUT2D eigenvalue weighted by Gasteiger charge is -2.30. The molecule has 10 aromatic carbocycles. The second kappa shape index (κ2) is 15.9. The van der Waals surface area contributed by atoms with Gasteiger partial charge in [0.05, 0.1) is 11.4 Å². The molecule has 0 heterocycles. The number of anilines is 6. The summed E-state index contributed by atoms with van der Waals surface area (Å²) in [4.78, 5) is 4.85. The molecule has 0 fully saturated rings. The maximum absolute atomic E-state index is 2.42. The van der Waals surface area contributed by atoms with Crippen LogP contribution in [0.15, 0.2) is 231 Å². The van der Waals surface area contributed by atoms with Crippen molar-refractivity contribution in [3.63, 3.8) is 0 Å². The highest BCUT2D eigenvalue weighted by Gasteiger charge is 2.22. The predicted octanol–water partition coefficient (Wildman–Crippen LogP) is 16.6. The van der Waals surface area contributed by atoms with Crippen LogP contribution in [0.3, 0.4) is 0 Å². The van der Waals surface area contributed by atoms with Crippen LogP contribution < -0.4 is 9.80 Å². The molecule has 0 radical (unpaired) electrons. The highest BCUT2D eigenvalue weighted by Crippen LogP contribution is 2.46. The monoisotopic (exact) mass is 768 g/mol. The summed E-state index contributed by atoms with van der Waals surface area (Å²) in [6, 6.07) is 83.5. The Morgan fingerprint density at radius 2 is 0.617 bits per heavy atom. The third-order valence-electron chi connectivity index (χ3n) is 11.7. The predicted molar refractivity (Wildman–Crippen MR) is 257 cm³/mol. The summed E-state index contributed by atoms with van der Waals surface area (Å²) in [6.45, 7) is 4.47. The lowest BCUT2D eigenvalue weighted by molar-refractivity contribution is 1.25. The normalized spacial score (nSPS) is 11.2. The van der Waals surface area contributed by atoms with Crippen molar-refractivity contribution in [1.82, 2.24) is 0 Å². The van der Waals surface area contributed by atoms with Crippen molar-refractivity contribution in [3.8, 4) is 33.4 Å². The maximum Gasteiger partial charge on any atom is 0.0540 e. The van der Waals surface area contributed by atoms with E-state index in [1.165, 1.54) is 66.1 Å². The second-order valence-electron chi connectivity index (χ2n) is 15.5. The largest absolute Gasteiger partial charge is 0.310 e. The van der Waals surface area contributed by atoms with Crippen molar-refractivity contribution in [2.45, 2.75) is 13.8 Å². The summed E-state index contributed by atoms with van der Waals surface area (Å²) >= 11 is 0. The fourth-order valence-electron chi connectivity index (χ4n) is 8.68. The molecule has 10 rings (SSSR count). The standard InChI is InChI=1S/C58H44N2/c1-41-37-49(31-35-55(41)59(51-33-29-43-17-9-11-23-47(43)39-51)57-27-15-13-25-53(57)45-19-5-3-6-20-45)50-32-36-56(42(2)38-50)60(52-34-30-44-18-10-12-24-48(44)40-52)58-28-16-14-26-54(58)46-21-7-4-8-22-46/h3-40H,1-2H3. The zero-order valence-corrected chi connectivity index (χ0v) is 33.8. The van der Waals surface area contributed by atoms with Crippen molar-refractivity contribution >= 4 is 55.7 Å². The van der Waals surface area contributed by atoms with Crippen LogP contribution in [0, 0.1) is 13.8 Å². The number of rotatable bonds is 9. The molecular formula is C58H44N2. The molecule has 0 amide bonds. The summed E-state index contributed by atoms with van der Waals surface area (Å²) in [5, 5.41) is 4.88. The molecule has 0 atom stereocenters. The lowest BCUT2D eigenvalue weighted by Crippen LogP contribution is -2.13. The highest BCUT2D eigenvalue weighted by molar-refractivity contribution is 5.96. The van der Waals surface area contributed by atoms with Crippen LogP contribution in [-0.4, -0.2) is 0 Å². The average molecular weight is 769 g/mol. The summed E-state index contributed by atoms with van der Waals surface area (Å²) in [6.07, 6.45) is 0. The Balaban J connectivity index is 1.08. The number of fused-ring (bicyclic) bond motifs is 2. The number of hydrogen-bond donors (Lipinski definition) is 0. The SMILES string of the molecule is Cc1cc(-c2ccc(N(c3ccc4ccccc4c3)c3ccccc3-c3ccccc3)c(C)c2)ccc1N(c1ccc2ccccc2c1)c1ccccc1-c1ccccc1. The van der Waals surface area contributed by atoms with Gasteiger partial charge in [0, 0.05) is 33.9 Å². The van der Waals surface area contributed by atoms with Gasteiger partial charge >= 0.3 is 0 Å². The molecular weight excluding hydrogens is 725 g/mol. The summed E-state index contributed by atoms with van der Waals surface area (Å²) in [7, 11) is 0. The van der Waals surface area contributed by atoms with E-state index in [9.17, 15) is 0 Å². The molecule has 10 aromatic rings. The molecule has 0 saturated carbocycles. The van der Waals surface area contributed by atoms with Gasteiger partial charge in [-0.1, -0.05) is 170 Å². The minimum Gasteiger partial charge on any atom is -0.310 e. The van der Waals surface area contributed by atoms with E-state index in [0.717, 1.165) is 34.1 Å². The first-order valence-electron chi connectivity index (χ1n) is 20.7. The Morgan fingerprint density at radius 1 is 0.250 bits per heavy atom. The number of aryl methyl sites for hydroxylation is 2. The summed E-state index contributed by atoms with van der Waals surface area (Å²) < 4.78 is 0. The molecule has 0 saturated heterocycles. The molecule has 0 bridgehead atoms. The van der Waals surface area contributed by atoms with Crippen LogP contribution in [0.1, 0.15) is 11.1 Å². The number of hydrogen-bond acceptors (Lipinski definition) is 2. The van der Waals surface area contributed by atoms with Crippen LogP contribution in [0.2, 0.25) is 0 Å². The van der Waals surface area contributed by atoms with E-state index in [2.05, 4.69) is 254 Å².